The first-order valence-corrected chi connectivity index (χ1v) is 16.9. The Kier molecular flexibility index (Phi) is 8.00. The molecule has 2 bridgehead atoms. The number of hydrogen-bond donors (Lipinski definition) is 1. The molecular weight excluding hydrogens is 606 g/mol. The second kappa shape index (κ2) is 11.9. The smallest absolute Gasteiger partial charge is 0.410 e. The second-order valence-corrected chi connectivity index (χ2v) is 14.5. The van der Waals surface area contributed by atoms with Crippen LogP contribution in [0.25, 0.3) is 22.2 Å². The molecule has 2 saturated heterocycles. The highest BCUT2D eigenvalue weighted by Crippen LogP contribution is 2.39. The van der Waals surface area contributed by atoms with Crippen LogP contribution in [-0.4, -0.2) is 87.6 Å². The molecule has 244 valence electrons. The van der Waals surface area contributed by atoms with Gasteiger partial charge in [0.15, 0.2) is 0 Å². The largest absolute Gasteiger partial charge is 0.444 e. The van der Waals surface area contributed by atoms with Gasteiger partial charge >= 0.3 is 12.1 Å². The molecule has 4 aliphatic rings. The van der Waals surface area contributed by atoms with Gasteiger partial charge in [-0.3, -0.25) is 9.69 Å². The molecule has 2 unspecified atom stereocenters. The standard InChI is InChI=1S/C35H42ClN5O5/c1-5-25-27-14-24(15-37-32(27)38-31(25)36)23-12-20-8-9-39(33(43)40-16-21-6-7-22(17-40)30(21)42)18-28(20)26(13-23)29-19-45-11-10-41(29)34(44)46-35(2,3)4/h12-15,21-22,29H,5-11,16-19H2,1-4H3,(H,37,38)/t21?,22?,29-/m0/s1. The van der Waals surface area contributed by atoms with E-state index in [0.717, 1.165) is 63.7 Å². The topological polar surface area (TPSA) is 108 Å². The molecule has 7 rings (SSSR count). The molecule has 3 aliphatic heterocycles. The summed E-state index contributed by atoms with van der Waals surface area (Å²) in [6.07, 6.45) is 4.68. The van der Waals surface area contributed by atoms with Gasteiger partial charge in [0, 0.05) is 61.7 Å². The minimum atomic E-state index is -0.643. The molecule has 3 aromatic rings. The molecule has 2 aromatic heterocycles. The Morgan fingerprint density at radius 1 is 1.09 bits per heavy atom. The van der Waals surface area contributed by atoms with Crippen LogP contribution in [0.5, 0.6) is 0 Å². The van der Waals surface area contributed by atoms with Crippen LogP contribution in [0, 0.1) is 11.8 Å². The minimum Gasteiger partial charge on any atom is -0.444 e. The molecule has 3 fully saturated rings. The Morgan fingerprint density at radius 2 is 1.85 bits per heavy atom. The fourth-order valence-corrected chi connectivity index (χ4v) is 7.99. The molecule has 5 heterocycles. The lowest BCUT2D eigenvalue weighted by Crippen LogP contribution is -2.52. The van der Waals surface area contributed by atoms with Crippen LogP contribution in [0.15, 0.2) is 24.4 Å². The van der Waals surface area contributed by atoms with E-state index in [-0.39, 0.29) is 30.0 Å². The first-order chi connectivity index (χ1) is 22.0. The lowest BCUT2D eigenvalue weighted by atomic mass is 9.87. The number of pyridine rings is 1. The summed E-state index contributed by atoms with van der Waals surface area (Å²) < 4.78 is 11.8. The maximum Gasteiger partial charge on any atom is 0.410 e. The summed E-state index contributed by atoms with van der Waals surface area (Å²) in [4.78, 5) is 53.4. The number of fused-ring (bicyclic) bond motifs is 4. The molecule has 10 nitrogen and oxygen atoms in total. The summed E-state index contributed by atoms with van der Waals surface area (Å²) >= 11 is 6.49. The molecule has 11 heteroatoms. The van der Waals surface area contributed by atoms with Crippen LogP contribution in [0.4, 0.5) is 9.59 Å². The van der Waals surface area contributed by atoms with Gasteiger partial charge in [0.25, 0.3) is 0 Å². The summed E-state index contributed by atoms with van der Waals surface area (Å²) in [6.45, 7) is 10.8. The van der Waals surface area contributed by atoms with Crippen molar-refractivity contribution in [2.24, 2.45) is 11.8 Å². The van der Waals surface area contributed by atoms with Crippen LogP contribution in [0.3, 0.4) is 0 Å². The molecule has 3 atom stereocenters. The number of H-pyrrole nitrogens is 1. The third kappa shape index (κ3) is 5.64. The first kappa shape index (κ1) is 31.0. The molecule has 0 spiro atoms. The van der Waals surface area contributed by atoms with Crippen molar-refractivity contribution in [3.05, 3.63) is 51.8 Å². The number of carbonyl (C=O) groups is 3. The fraction of sp³-hybridized carbons (Fsp3) is 0.543. The van der Waals surface area contributed by atoms with E-state index in [1.807, 2.05) is 36.8 Å². The van der Waals surface area contributed by atoms with Gasteiger partial charge in [-0.1, -0.05) is 24.6 Å². The van der Waals surface area contributed by atoms with Crippen molar-refractivity contribution in [1.29, 1.82) is 0 Å². The maximum absolute atomic E-state index is 13.9. The van der Waals surface area contributed by atoms with Crippen LogP contribution in [-0.2, 0) is 33.7 Å². The van der Waals surface area contributed by atoms with Crippen LogP contribution in [0.2, 0.25) is 5.15 Å². The number of rotatable bonds is 3. The third-order valence-corrected chi connectivity index (χ3v) is 10.3. The van der Waals surface area contributed by atoms with E-state index in [1.54, 1.807) is 4.90 Å². The van der Waals surface area contributed by atoms with E-state index >= 15 is 0 Å². The summed E-state index contributed by atoms with van der Waals surface area (Å²) in [6, 6.07) is 6.06. The predicted molar refractivity (Wildman–Crippen MR) is 175 cm³/mol. The molecule has 1 aromatic carbocycles. The zero-order valence-corrected chi connectivity index (χ0v) is 27.8. The minimum absolute atomic E-state index is 0.0138. The number of amides is 3. The number of aryl methyl sites for hydroxylation is 1. The summed E-state index contributed by atoms with van der Waals surface area (Å²) in [7, 11) is 0. The zero-order chi connectivity index (χ0) is 32.3. The number of morpholine rings is 1. The molecule has 3 amide bonds. The number of piperidine rings is 1. The number of Topliss-reactive ketones (excluding diaryl/α,β-unsaturated/α-hetero) is 1. The number of ether oxygens (including phenoxy) is 2. The Balaban J connectivity index is 1.28. The number of urea groups is 1. The van der Waals surface area contributed by atoms with E-state index < -0.39 is 5.60 Å². The Morgan fingerprint density at radius 3 is 2.57 bits per heavy atom. The normalized spacial score (nSPS) is 23.2. The number of benzene rings is 1. The molecule has 1 aliphatic carbocycles. The highest BCUT2D eigenvalue weighted by molar-refractivity contribution is 6.31. The lowest BCUT2D eigenvalue weighted by Gasteiger charge is -2.41. The molecule has 46 heavy (non-hydrogen) atoms. The van der Waals surface area contributed by atoms with Gasteiger partial charge in [0.1, 0.15) is 22.2 Å². The Hall–Kier alpha value is -3.63. The first-order valence-electron chi connectivity index (χ1n) is 16.5. The van der Waals surface area contributed by atoms with E-state index in [4.69, 9.17) is 26.1 Å². The van der Waals surface area contributed by atoms with Crippen molar-refractivity contribution < 1.29 is 23.9 Å². The predicted octanol–water partition coefficient (Wildman–Crippen LogP) is 6.14. The Bertz CT molecular complexity index is 1700. The number of halogens is 1. The van der Waals surface area contributed by atoms with Gasteiger partial charge in [0.2, 0.25) is 0 Å². The van der Waals surface area contributed by atoms with Crippen molar-refractivity contribution in [3.8, 4) is 11.1 Å². The zero-order valence-electron chi connectivity index (χ0n) is 27.0. The average molecular weight is 648 g/mol. The van der Waals surface area contributed by atoms with E-state index in [0.29, 0.717) is 63.3 Å². The lowest BCUT2D eigenvalue weighted by molar-refractivity contribution is -0.126. The number of aromatic amines is 1. The quantitative estimate of drug-likeness (QED) is 0.366. The van der Waals surface area contributed by atoms with Crippen LogP contribution >= 0.6 is 11.6 Å². The van der Waals surface area contributed by atoms with E-state index in [1.165, 1.54) is 0 Å². The molecule has 1 N–H and O–H groups in total. The monoisotopic (exact) mass is 647 g/mol. The van der Waals surface area contributed by atoms with Gasteiger partial charge in [-0.2, -0.15) is 0 Å². The highest BCUT2D eigenvalue weighted by atomic mass is 35.5. The van der Waals surface area contributed by atoms with Crippen molar-refractivity contribution in [1.82, 2.24) is 24.7 Å². The number of ketones is 1. The van der Waals surface area contributed by atoms with E-state index in [2.05, 4.69) is 30.1 Å². The van der Waals surface area contributed by atoms with Crippen molar-refractivity contribution >= 4 is 40.5 Å². The second-order valence-electron chi connectivity index (χ2n) is 14.1. The number of nitrogens with one attached hydrogen (secondary N) is 1. The van der Waals surface area contributed by atoms with Crippen molar-refractivity contribution in [3.63, 3.8) is 0 Å². The molecule has 0 radical (unpaired) electrons. The van der Waals surface area contributed by atoms with Gasteiger partial charge in [0.05, 0.1) is 19.3 Å². The third-order valence-electron chi connectivity index (χ3n) is 9.98. The molecule has 1 saturated carbocycles. The van der Waals surface area contributed by atoms with Crippen LogP contribution in [0.1, 0.15) is 68.8 Å². The highest BCUT2D eigenvalue weighted by Gasteiger charge is 2.43. The number of aromatic nitrogens is 2. The van der Waals surface area contributed by atoms with Gasteiger partial charge in [-0.15, -0.1) is 0 Å². The number of hydrogen-bond acceptors (Lipinski definition) is 6. The van der Waals surface area contributed by atoms with E-state index in [9.17, 15) is 14.4 Å². The van der Waals surface area contributed by atoms with Crippen molar-refractivity contribution in [2.45, 2.75) is 71.6 Å². The Labute approximate surface area is 274 Å². The number of nitrogens with zero attached hydrogens (tertiary/aromatic N) is 4. The van der Waals surface area contributed by atoms with Crippen LogP contribution < -0.4 is 0 Å². The van der Waals surface area contributed by atoms with Crippen molar-refractivity contribution in [2.75, 3.05) is 39.4 Å². The number of likely N-dealkylation sites (tertiary alicyclic amines) is 1. The van der Waals surface area contributed by atoms with Gasteiger partial charge in [-0.05, 0) is 86.4 Å². The fourth-order valence-electron chi connectivity index (χ4n) is 7.67. The molecular formula is C35H42ClN5O5. The van der Waals surface area contributed by atoms with Gasteiger partial charge < -0.3 is 24.3 Å². The summed E-state index contributed by atoms with van der Waals surface area (Å²) in [5.41, 5.74) is 6.21. The summed E-state index contributed by atoms with van der Waals surface area (Å²) in [5, 5.41) is 1.60. The number of carbonyl (C=O) groups excluding carboxylic acids is 3. The maximum atomic E-state index is 13.9. The summed E-state index contributed by atoms with van der Waals surface area (Å²) in [5.74, 6) is 0.255. The SMILES string of the molecule is CCc1c(Cl)[nH]c2ncc(-c3cc4c(c([C@@H]5COCCN5C(=O)OC(C)(C)C)c3)CN(C(=O)N3CC5CCC(C3)C5=O)CC4)cc12. The average Bonchev–Trinajstić information content (AvgIpc) is 3.44. The van der Waals surface area contributed by atoms with Gasteiger partial charge in [-0.25, -0.2) is 14.6 Å².